The van der Waals surface area contributed by atoms with Gasteiger partial charge in [0.2, 0.25) is 5.91 Å². The van der Waals surface area contributed by atoms with Crippen LogP contribution in [0.4, 0.5) is 0 Å². The first-order chi connectivity index (χ1) is 11.1. The van der Waals surface area contributed by atoms with Crippen LogP contribution in [0, 0.1) is 0 Å². The number of aliphatic hydroxyl groups is 1. The van der Waals surface area contributed by atoms with Crippen LogP contribution in [0.1, 0.15) is 24.0 Å². The normalized spacial score (nSPS) is 23.7. The topological polar surface area (TPSA) is 61.8 Å². The van der Waals surface area contributed by atoms with Crippen LogP contribution >= 0.6 is 0 Å². The summed E-state index contributed by atoms with van der Waals surface area (Å²) in [6.45, 7) is 2.78. The number of aliphatic hydroxyl groups excluding tert-OH is 1. The summed E-state index contributed by atoms with van der Waals surface area (Å²) in [6.07, 6.45) is 4.07. The van der Waals surface area contributed by atoms with Crippen molar-refractivity contribution >= 4 is 12.0 Å². The lowest BCUT2D eigenvalue weighted by molar-refractivity contribution is -0.134. The molecule has 1 heterocycles. The van der Waals surface area contributed by atoms with Gasteiger partial charge in [-0.05, 0) is 18.1 Å². The van der Waals surface area contributed by atoms with Gasteiger partial charge >= 0.3 is 0 Å². The van der Waals surface area contributed by atoms with Crippen molar-refractivity contribution in [3.63, 3.8) is 0 Å². The lowest BCUT2D eigenvalue weighted by Gasteiger charge is -2.47. The van der Waals surface area contributed by atoms with Gasteiger partial charge in [0.1, 0.15) is 6.61 Å². The summed E-state index contributed by atoms with van der Waals surface area (Å²) in [6, 6.07) is 8.56. The molecule has 2 N–H and O–H groups in total. The van der Waals surface area contributed by atoms with Crippen molar-refractivity contribution in [2.24, 2.45) is 0 Å². The first-order valence-corrected chi connectivity index (χ1v) is 7.93. The molecule has 0 aliphatic carbocycles. The first kappa shape index (κ1) is 17.7. The highest BCUT2D eigenvalue weighted by atomic mass is 16.5. The predicted octanol–water partition coefficient (Wildman–Crippen LogP) is 1.24. The third kappa shape index (κ3) is 4.19. The fraction of sp³-hybridized carbons (Fsp3) is 0.500. The maximum absolute atomic E-state index is 11.8. The van der Waals surface area contributed by atoms with Gasteiger partial charge in [-0.2, -0.15) is 0 Å². The van der Waals surface area contributed by atoms with Gasteiger partial charge in [0, 0.05) is 38.7 Å². The molecule has 126 valence electrons. The molecule has 1 fully saturated rings. The van der Waals surface area contributed by atoms with E-state index < -0.39 is 0 Å². The molecule has 0 aromatic heterocycles. The smallest absolute Gasteiger partial charge is 0.248 e. The average molecular weight is 318 g/mol. The Morgan fingerprint density at radius 3 is 2.61 bits per heavy atom. The minimum atomic E-state index is -0.0380. The summed E-state index contributed by atoms with van der Waals surface area (Å²) in [5, 5.41) is 12.9. The van der Waals surface area contributed by atoms with Gasteiger partial charge in [0.05, 0.1) is 6.61 Å². The molecule has 0 saturated carbocycles. The molecule has 1 aliphatic heterocycles. The summed E-state index contributed by atoms with van der Waals surface area (Å²) < 4.78 is 4.89. The number of hydrogen-bond donors (Lipinski definition) is 2. The van der Waals surface area contributed by atoms with Crippen molar-refractivity contribution in [3.05, 3.63) is 41.5 Å². The minimum Gasteiger partial charge on any atom is -0.395 e. The second-order valence-electron chi connectivity index (χ2n) is 5.96. The van der Waals surface area contributed by atoms with E-state index in [2.05, 4.69) is 35.7 Å². The van der Waals surface area contributed by atoms with Crippen LogP contribution in [0.25, 0.3) is 6.08 Å². The number of nitrogens with zero attached hydrogens (tertiary/aromatic N) is 1. The highest BCUT2D eigenvalue weighted by Crippen LogP contribution is 2.32. The molecule has 1 aromatic rings. The SMILES string of the molecule is C/C=C/c1ccc([C@@H]2[C@H](CN(C)C(=O)COC)N[C@@H]2CO)cc1. The van der Waals surface area contributed by atoms with Crippen molar-refractivity contribution in [1.29, 1.82) is 0 Å². The van der Waals surface area contributed by atoms with Crippen LogP contribution in [0.5, 0.6) is 0 Å². The number of carbonyl (C=O) groups excluding carboxylic acids is 1. The van der Waals surface area contributed by atoms with E-state index in [1.54, 1.807) is 11.9 Å². The van der Waals surface area contributed by atoms with Gasteiger partial charge in [-0.3, -0.25) is 4.79 Å². The highest BCUT2D eigenvalue weighted by Gasteiger charge is 2.41. The number of benzene rings is 1. The molecule has 23 heavy (non-hydrogen) atoms. The Bertz CT molecular complexity index is 542. The van der Waals surface area contributed by atoms with Gasteiger partial charge in [0.25, 0.3) is 0 Å². The first-order valence-electron chi connectivity index (χ1n) is 7.93. The van der Waals surface area contributed by atoms with Crippen LogP contribution in [-0.4, -0.2) is 61.9 Å². The van der Waals surface area contributed by atoms with Gasteiger partial charge in [0.15, 0.2) is 0 Å². The molecule has 0 radical (unpaired) electrons. The number of nitrogens with one attached hydrogen (secondary N) is 1. The largest absolute Gasteiger partial charge is 0.395 e. The van der Waals surface area contributed by atoms with Crippen molar-refractivity contribution in [3.8, 4) is 0 Å². The molecule has 1 aliphatic rings. The second kappa shape index (κ2) is 8.24. The lowest BCUT2D eigenvalue weighted by Crippen LogP contribution is -2.64. The number of carbonyl (C=O) groups is 1. The molecular formula is C18H26N2O3. The molecule has 2 rings (SSSR count). The zero-order chi connectivity index (χ0) is 16.8. The molecule has 0 spiro atoms. The molecule has 1 saturated heterocycles. The third-order valence-electron chi connectivity index (χ3n) is 4.34. The quantitative estimate of drug-likeness (QED) is 0.794. The van der Waals surface area contributed by atoms with Crippen LogP contribution < -0.4 is 5.32 Å². The maximum atomic E-state index is 11.8. The number of hydrogen-bond acceptors (Lipinski definition) is 4. The molecule has 0 unspecified atom stereocenters. The van der Waals surface area contributed by atoms with Gasteiger partial charge in [-0.1, -0.05) is 36.4 Å². The Morgan fingerprint density at radius 2 is 2.04 bits per heavy atom. The standard InChI is InChI=1S/C18H26N2O3/c1-4-5-13-6-8-14(9-7-13)18-15(19-16(18)11-21)10-20(2)17(22)12-23-3/h4-9,15-16,18-19,21H,10-12H2,1-3H3/b5-4+/t15-,16+,18+/m0/s1. The molecule has 0 bridgehead atoms. The van der Waals surface area contributed by atoms with E-state index in [1.165, 1.54) is 12.7 Å². The summed E-state index contributed by atoms with van der Waals surface area (Å²) in [5.74, 6) is 0.168. The number of likely N-dealkylation sites (N-methyl/N-ethyl adjacent to an activating group) is 1. The van der Waals surface area contributed by atoms with Crippen molar-refractivity contribution < 1.29 is 14.6 Å². The Kier molecular flexibility index (Phi) is 6.33. The average Bonchev–Trinajstić information content (AvgIpc) is 2.53. The van der Waals surface area contributed by atoms with E-state index in [-0.39, 0.29) is 37.1 Å². The van der Waals surface area contributed by atoms with E-state index in [1.807, 2.05) is 13.0 Å². The summed E-state index contributed by atoms with van der Waals surface area (Å²) in [4.78, 5) is 13.5. The molecule has 5 heteroatoms. The van der Waals surface area contributed by atoms with Gasteiger partial charge in [-0.25, -0.2) is 0 Å². The van der Waals surface area contributed by atoms with Gasteiger partial charge in [-0.15, -0.1) is 0 Å². The Hall–Kier alpha value is -1.69. The van der Waals surface area contributed by atoms with E-state index >= 15 is 0 Å². The fourth-order valence-electron chi connectivity index (χ4n) is 3.09. The number of amides is 1. The third-order valence-corrected chi connectivity index (χ3v) is 4.34. The molecule has 3 atom stereocenters. The summed E-state index contributed by atoms with van der Waals surface area (Å²) in [7, 11) is 3.30. The monoisotopic (exact) mass is 318 g/mol. The Labute approximate surface area is 137 Å². The second-order valence-corrected chi connectivity index (χ2v) is 5.96. The van der Waals surface area contributed by atoms with Crippen molar-refractivity contribution in [2.45, 2.75) is 24.9 Å². The van der Waals surface area contributed by atoms with Crippen LogP contribution in [-0.2, 0) is 9.53 Å². The number of methoxy groups -OCH3 is 1. The van der Waals surface area contributed by atoms with E-state index in [4.69, 9.17) is 4.74 Å². The molecular weight excluding hydrogens is 292 g/mol. The Balaban J connectivity index is 2.05. The highest BCUT2D eigenvalue weighted by molar-refractivity contribution is 5.77. The van der Waals surface area contributed by atoms with E-state index in [0.717, 1.165) is 5.56 Å². The minimum absolute atomic E-state index is 0.0380. The molecule has 1 aromatic carbocycles. The molecule has 5 nitrogen and oxygen atoms in total. The molecule has 1 amide bonds. The zero-order valence-corrected chi connectivity index (χ0v) is 14.0. The van der Waals surface area contributed by atoms with Crippen molar-refractivity contribution in [1.82, 2.24) is 10.2 Å². The van der Waals surface area contributed by atoms with E-state index in [9.17, 15) is 9.90 Å². The van der Waals surface area contributed by atoms with Crippen LogP contribution in [0.15, 0.2) is 30.3 Å². The van der Waals surface area contributed by atoms with Crippen molar-refractivity contribution in [2.75, 3.05) is 33.9 Å². The zero-order valence-electron chi connectivity index (χ0n) is 14.0. The Morgan fingerprint density at radius 1 is 1.35 bits per heavy atom. The predicted molar refractivity (Wildman–Crippen MR) is 91.2 cm³/mol. The lowest BCUT2D eigenvalue weighted by atomic mass is 9.77. The number of rotatable bonds is 7. The summed E-state index contributed by atoms with van der Waals surface area (Å²) >= 11 is 0. The number of ether oxygens (including phenoxy) is 1. The fourth-order valence-corrected chi connectivity index (χ4v) is 3.09. The number of allylic oxidation sites excluding steroid dienone is 1. The van der Waals surface area contributed by atoms with Crippen LogP contribution in [0.2, 0.25) is 0 Å². The van der Waals surface area contributed by atoms with Gasteiger partial charge < -0.3 is 20.1 Å². The summed E-state index contributed by atoms with van der Waals surface area (Å²) in [5.41, 5.74) is 2.35. The maximum Gasteiger partial charge on any atom is 0.248 e. The van der Waals surface area contributed by atoms with Crippen LogP contribution in [0.3, 0.4) is 0 Å². The van der Waals surface area contributed by atoms with E-state index in [0.29, 0.717) is 6.54 Å².